The zero-order valence-corrected chi connectivity index (χ0v) is 15.2. The molecule has 0 unspecified atom stereocenters. The fourth-order valence-electron chi connectivity index (χ4n) is 2.79. The summed E-state index contributed by atoms with van der Waals surface area (Å²) >= 11 is 6.28. The van der Waals surface area contributed by atoms with Crippen LogP contribution in [0.2, 0.25) is 5.02 Å². The van der Waals surface area contributed by atoms with Gasteiger partial charge in [0, 0.05) is 18.1 Å². The summed E-state index contributed by atoms with van der Waals surface area (Å²) in [5, 5.41) is 0.778. The van der Waals surface area contributed by atoms with Gasteiger partial charge >= 0.3 is 6.09 Å². The maximum Gasteiger partial charge on any atom is 0.410 e. The number of nitrogens with zero attached hydrogens (tertiary/aromatic N) is 1. The van der Waals surface area contributed by atoms with Crippen molar-refractivity contribution in [2.75, 3.05) is 20.2 Å². The van der Waals surface area contributed by atoms with Crippen molar-refractivity contribution in [3.05, 3.63) is 28.8 Å². The molecule has 0 atom stereocenters. The Morgan fingerprint density at radius 3 is 2.52 bits per heavy atom. The molecule has 0 spiro atoms. The first-order valence-corrected chi connectivity index (χ1v) is 8.46. The lowest BCUT2D eigenvalue weighted by atomic mass is 9.90. The molecule has 1 saturated heterocycles. The van der Waals surface area contributed by atoms with E-state index in [1.165, 1.54) is 0 Å². The number of amides is 1. The zero-order valence-electron chi connectivity index (χ0n) is 14.4. The number of hydrogen-bond acceptors (Lipinski definition) is 3. The van der Waals surface area contributed by atoms with Gasteiger partial charge in [-0.2, -0.15) is 0 Å². The van der Waals surface area contributed by atoms with E-state index in [1.54, 1.807) is 12.0 Å². The van der Waals surface area contributed by atoms with Gasteiger partial charge in [-0.25, -0.2) is 4.79 Å². The van der Waals surface area contributed by atoms with Gasteiger partial charge in [0.1, 0.15) is 11.4 Å². The zero-order chi connectivity index (χ0) is 17.0. The Bertz CT molecular complexity index is 546. The summed E-state index contributed by atoms with van der Waals surface area (Å²) in [5.74, 6) is 1.36. The molecule has 0 aromatic heterocycles. The van der Waals surface area contributed by atoms with E-state index in [0.717, 1.165) is 48.7 Å². The van der Waals surface area contributed by atoms with Crippen LogP contribution in [0, 0.1) is 5.92 Å². The summed E-state index contributed by atoms with van der Waals surface area (Å²) in [6.45, 7) is 7.15. The molecule has 0 bridgehead atoms. The monoisotopic (exact) mass is 339 g/mol. The first-order chi connectivity index (χ1) is 10.8. The molecule has 5 heteroatoms. The Morgan fingerprint density at radius 2 is 1.96 bits per heavy atom. The molecule has 1 fully saturated rings. The summed E-state index contributed by atoms with van der Waals surface area (Å²) in [4.78, 5) is 13.9. The summed E-state index contributed by atoms with van der Waals surface area (Å²) in [6, 6.07) is 5.76. The van der Waals surface area contributed by atoms with Gasteiger partial charge < -0.3 is 14.4 Å². The SMILES string of the molecule is COc1ccc(Cl)c(CC2CCN(C(=O)OC(C)(C)C)CC2)c1. The van der Waals surface area contributed by atoms with Gasteiger partial charge in [0.2, 0.25) is 0 Å². The third kappa shape index (κ3) is 5.31. The van der Waals surface area contributed by atoms with Crippen molar-refractivity contribution in [2.24, 2.45) is 5.92 Å². The van der Waals surface area contributed by atoms with Crippen LogP contribution in [-0.4, -0.2) is 36.8 Å². The number of methoxy groups -OCH3 is 1. The lowest BCUT2D eigenvalue weighted by molar-refractivity contribution is 0.0184. The fraction of sp³-hybridized carbons (Fsp3) is 0.611. The lowest BCUT2D eigenvalue weighted by Crippen LogP contribution is -2.42. The Labute approximate surface area is 143 Å². The number of carbonyl (C=O) groups excluding carboxylic acids is 1. The van der Waals surface area contributed by atoms with Crippen molar-refractivity contribution in [1.82, 2.24) is 4.90 Å². The predicted molar refractivity (Wildman–Crippen MR) is 92.2 cm³/mol. The minimum atomic E-state index is -0.442. The van der Waals surface area contributed by atoms with Crippen molar-refractivity contribution in [3.8, 4) is 5.75 Å². The molecule has 1 aliphatic heterocycles. The average Bonchev–Trinajstić information content (AvgIpc) is 2.48. The lowest BCUT2D eigenvalue weighted by Gasteiger charge is -2.33. The van der Waals surface area contributed by atoms with Crippen LogP contribution < -0.4 is 4.74 Å². The van der Waals surface area contributed by atoms with E-state index in [0.29, 0.717) is 5.92 Å². The highest BCUT2D eigenvalue weighted by atomic mass is 35.5. The molecule has 1 aromatic carbocycles. The van der Waals surface area contributed by atoms with Crippen molar-refractivity contribution < 1.29 is 14.3 Å². The van der Waals surface area contributed by atoms with E-state index in [4.69, 9.17) is 21.1 Å². The van der Waals surface area contributed by atoms with E-state index in [1.807, 2.05) is 39.0 Å². The van der Waals surface area contributed by atoms with Crippen LogP contribution in [-0.2, 0) is 11.2 Å². The van der Waals surface area contributed by atoms with Crippen LogP contribution in [0.5, 0.6) is 5.75 Å². The number of piperidine rings is 1. The van der Waals surface area contributed by atoms with E-state index in [-0.39, 0.29) is 6.09 Å². The molecular formula is C18H26ClNO3. The van der Waals surface area contributed by atoms with Gasteiger partial charge in [-0.15, -0.1) is 0 Å². The second-order valence-corrected chi connectivity index (χ2v) is 7.48. The van der Waals surface area contributed by atoms with Gasteiger partial charge in [0.25, 0.3) is 0 Å². The molecule has 0 saturated carbocycles. The normalized spacial score (nSPS) is 16.3. The highest BCUT2D eigenvalue weighted by Gasteiger charge is 2.27. The topological polar surface area (TPSA) is 38.8 Å². The third-order valence-corrected chi connectivity index (χ3v) is 4.40. The van der Waals surface area contributed by atoms with Crippen LogP contribution >= 0.6 is 11.6 Å². The number of rotatable bonds is 3. The molecule has 23 heavy (non-hydrogen) atoms. The molecular weight excluding hydrogens is 314 g/mol. The van der Waals surface area contributed by atoms with Crippen molar-refractivity contribution in [3.63, 3.8) is 0 Å². The average molecular weight is 340 g/mol. The van der Waals surface area contributed by atoms with Gasteiger partial charge in [-0.1, -0.05) is 11.6 Å². The number of ether oxygens (including phenoxy) is 2. The predicted octanol–water partition coefficient (Wildman–Crippen LogP) is 4.54. The Hall–Kier alpha value is -1.42. The van der Waals surface area contributed by atoms with Crippen LogP contribution in [0.4, 0.5) is 4.79 Å². The van der Waals surface area contributed by atoms with E-state index in [2.05, 4.69) is 0 Å². The smallest absolute Gasteiger partial charge is 0.410 e. The molecule has 0 radical (unpaired) electrons. The van der Waals surface area contributed by atoms with Crippen LogP contribution in [0.1, 0.15) is 39.2 Å². The molecule has 0 aliphatic carbocycles. The number of carbonyl (C=O) groups is 1. The van der Waals surface area contributed by atoms with Gasteiger partial charge in [-0.05, 0) is 69.7 Å². The second kappa shape index (κ2) is 7.43. The van der Waals surface area contributed by atoms with E-state index >= 15 is 0 Å². The summed E-state index contributed by atoms with van der Waals surface area (Å²) < 4.78 is 10.7. The van der Waals surface area contributed by atoms with Crippen LogP contribution in [0.15, 0.2) is 18.2 Å². The van der Waals surface area contributed by atoms with Crippen LogP contribution in [0.3, 0.4) is 0 Å². The maximum absolute atomic E-state index is 12.1. The highest BCUT2D eigenvalue weighted by Crippen LogP contribution is 2.28. The third-order valence-electron chi connectivity index (χ3n) is 4.03. The number of halogens is 1. The van der Waals surface area contributed by atoms with Crippen LogP contribution in [0.25, 0.3) is 0 Å². The Balaban J connectivity index is 1.89. The number of hydrogen-bond donors (Lipinski definition) is 0. The standard InChI is InChI=1S/C18H26ClNO3/c1-18(2,3)23-17(21)20-9-7-13(8-10-20)11-14-12-15(22-4)5-6-16(14)19/h5-6,12-13H,7-11H2,1-4H3. The Kier molecular flexibility index (Phi) is 5.79. The minimum Gasteiger partial charge on any atom is -0.497 e. The summed E-state index contributed by atoms with van der Waals surface area (Å²) in [5.41, 5.74) is 0.670. The van der Waals surface area contributed by atoms with Gasteiger partial charge in [-0.3, -0.25) is 0 Å². The first-order valence-electron chi connectivity index (χ1n) is 8.09. The van der Waals surface area contributed by atoms with Crippen molar-refractivity contribution in [2.45, 2.75) is 45.6 Å². The highest BCUT2D eigenvalue weighted by molar-refractivity contribution is 6.31. The fourth-order valence-corrected chi connectivity index (χ4v) is 2.99. The molecule has 1 amide bonds. The van der Waals surface area contributed by atoms with Crippen molar-refractivity contribution >= 4 is 17.7 Å². The maximum atomic E-state index is 12.1. The largest absolute Gasteiger partial charge is 0.497 e. The summed E-state index contributed by atoms with van der Waals surface area (Å²) in [6.07, 6.45) is 2.63. The van der Waals surface area contributed by atoms with Gasteiger partial charge in [0.05, 0.1) is 7.11 Å². The number of benzene rings is 1. The molecule has 0 N–H and O–H groups in total. The van der Waals surface area contributed by atoms with E-state index < -0.39 is 5.60 Å². The molecule has 1 aromatic rings. The van der Waals surface area contributed by atoms with Crippen molar-refractivity contribution in [1.29, 1.82) is 0 Å². The minimum absolute atomic E-state index is 0.213. The molecule has 4 nitrogen and oxygen atoms in total. The Morgan fingerprint density at radius 1 is 1.30 bits per heavy atom. The molecule has 1 aliphatic rings. The van der Waals surface area contributed by atoms with Gasteiger partial charge in [0.15, 0.2) is 0 Å². The summed E-state index contributed by atoms with van der Waals surface area (Å²) in [7, 11) is 1.66. The quantitative estimate of drug-likeness (QED) is 0.811. The molecule has 128 valence electrons. The molecule has 1 heterocycles. The number of likely N-dealkylation sites (tertiary alicyclic amines) is 1. The second-order valence-electron chi connectivity index (χ2n) is 7.07. The first kappa shape index (κ1) is 17.9. The van der Waals surface area contributed by atoms with E-state index in [9.17, 15) is 4.79 Å². The molecule has 2 rings (SSSR count).